The fraction of sp³-hybridized carbons (Fsp3) is 0.533. The maximum absolute atomic E-state index is 14.3. The molecule has 2 fully saturated rings. The topological polar surface area (TPSA) is 85.7 Å². The molecule has 0 saturated carbocycles. The summed E-state index contributed by atoms with van der Waals surface area (Å²) in [4.78, 5) is 39.5. The third-order valence-corrected chi connectivity index (χ3v) is 11.9. The number of likely N-dealkylation sites (tertiary alicyclic amines) is 2. The van der Waals surface area contributed by atoms with Crippen LogP contribution in [0.15, 0.2) is 78.0 Å². The van der Waals surface area contributed by atoms with Gasteiger partial charge in [-0.1, -0.05) is 89.6 Å². The fourth-order valence-corrected chi connectivity index (χ4v) is 8.96. The number of hydrogen-bond donors (Lipinski definition) is 2. The zero-order chi connectivity index (χ0) is 36.7. The molecule has 0 bridgehead atoms. The summed E-state index contributed by atoms with van der Waals surface area (Å²) in [7, 11) is 0. The van der Waals surface area contributed by atoms with Gasteiger partial charge in [0.15, 0.2) is 0 Å². The second kappa shape index (κ2) is 18.3. The van der Waals surface area contributed by atoms with Crippen molar-refractivity contribution < 1.29 is 9.59 Å². The quantitative estimate of drug-likeness (QED) is 0.206. The van der Waals surface area contributed by atoms with E-state index < -0.39 is 0 Å². The molecule has 3 aromatic rings. The van der Waals surface area contributed by atoms with E-state index in [1.54, 1.807) is 0 Å². The molecule has 290 valence electrons. The molecule has 9 nitrogen and oxygen atoms in total. The van der Waals surface area contributed by atoms with E-state index in [9.17, 15) is 9.59 Å². The highest BCUT2D eigenvalue weighted by Crippen LogP contribution is 2.33. The van der Waals surface area contributed by atoms with Crippen molar-refractivity contribution in [3.63, 3.8) is 0 Å². The molecule has 4 heterocycles. The van der Waals surface area contributed by atoms with Crippen LogP contribution in [0.25, 0.3) is 11.0 Å². The first-order chi connectivity index (χ1) is 25.9. The number of benzene rings is 2. The van der Waals surface area contributed by atoms with Crippen LogP contribution in [-0.2, 0) is 19.3 Å². The van der Waals surface area contributed by atoms with Gasteiger partial charge < -0.3 is 29.9 Å². The first-order valence-corrected chi connectivity index (χ1v) is 20.4. The van der Waals surface area contributed by atoms with Crippen molar-refractivity contribution >= 4 is 23.1 Å². The Morgan fingerprint density at radius 1 is 0.889 bits per heavy atom. The van der Waals surface area contributed by atoms with Crippen LogP contribution in [0.2, 0.25) is 0 Å². The number of aromatic nitrogens is 2. The lowest BCUT2D eigenvalue weighted by molar-refractivity contribution is 0.128. The maximum Gasteiger partial charge on any atom is 0.322 e. The number of piperidine rings is 2. The predicted octanol–water partition coefficient (Wildman–Crippen LogP) is 8.88. The number of nitrogens with one attached hydrogen (secondary N) is 2. The summed E-state index contributed by atoms with van der Waals surface area (Å²) in [6, 6.07) is 15.5. The monoisotopic (exact) mass is 734 g/mol. The highest BCUT2D eigenvalue weighted by Gasteiger charge is 2.34. The number of hydrogen-bond acceptors (Lipinski definition) is 4. The molecule has 1 atom stereocenters. The highest BCUT2D eigenvalue weighted by atomic mass is 16.2. The zero-order valence-corrected chi connectivity index (χ0v) is 32.2. The minimum Gasteiger partial charge on any atom is -0.328 e. The first kappa shape index (κ1) is 39.3. The van der Waals surface area contributed by atoms with Crippen LogP contribution in [-0.4, -0.2) is 81.6 Å². The van der Waals surface area contributed by atoms with Crippen LogP contribution in [0.5, 0.6) is 0 Å². The molecular weight excluding hydrogens is 671 g/mol. The molecule has 2 aromatic carbocycles. The second-order valence-electron chi connectivity index (χ2n) is 15.4. The Morgan fingerprint density at radius 2 is 1.61 bits per heavy atom. The number of amides is 4. The van der Waals surface area contributed by atoms with Gasteiger partial charge in [0.1, 0.15) is 5.82 Å². The third kappa shape index (κ3) is 8.78. The van der Waals surface area contributed by atoms with Crippen molar-refractivity contribution in [1.29, 1.82) is 0 Å². The summed E-state index contributed by atoms with van der Waals surface area (Å²) in [5.74, 6) is 0.954. The number of fused-ring (bicyclic) bond motifs is 1. The second-order valence-corrected chi connectivity index (χ2v) is 15.4. The summed E-state index contributed by atoms with van der Waals surface area (Å²) in [6.07, 6.45) is 18.9. The van der Waals surface area contributed by atoms with Crippen molar-refractivity contribution in [3.05, 3.63) is 101 Å². The van der Waals surface area contributed by atoms with Gasteiger partial charge in [0.2, 0.25) is 0 Å². The molecule has 7 rings (SSSR count). The van der Waals surface area contributed by atoms with E-state index in [-0.39, 0.29) is 31.6 Å². The number of para-hydroxylation sites is 2. The Morgan fingerprint density at radius 3 is 2.37 bits per heavy atom. The Labute approximate surface area is 323 Å². The number of nitrogens with zero attached hydrogens (tertiary/aromatic N) is 5. The van der Waals surface area contributed by atoms with Crippen LogP contribution in [0, 0.1) is 0 Å². The number of urea groups is 2. The number of carbonyl (C=O) groups is 2. The van der Waals surface area contributed by atoms with E-state index in [0.717, 1.165) is 106 Å². The van der Waals surface area contributed by atoms with Gasteiger partial charge in [-0.05, 0) is 105 Å². The van der Waals surface area contributed by atoms with E-state index in [4.69, 9.17) is 4.98 Å². The Hall–Kier alpha value is -4.37. The molecule has 54 heavy (non-hydrogen) atoms. The van der Waals surface area contributed by atoms with Crippen LogP contribution < -0.4 is 10.6 Å². The molecule has 1 aliphatic carbocycles. The fourth-order valence-electron chi connectivity index (χ4n) is 8.96. The average Bonchev–Trinajstić information content (AvgIpc) is 3.32. The molecule has 1 aromatic heterocycles. The minimum atomic E-state index is -0.290. The van der Waals surface area contributed by atoms with Crippen molar-refractivity contribution in [2.75, 3.05) is 39.3 Å². The lowest BCUT2D eigenvalue weighted by Gasteiger charge is -2.38. The molecule has 4 aliphatic rings. The van der Waals surface area contributed by atoms with Crippen molar-refractivity contribution in [2.45, 2.75) is 117 Å². The van der Waals surface area contributed by atoms with Gasteiger partial charge in [0.25, 0.3) is 0 Å². The van der Waals surface area contributed by atoms with Crippen molar-refractivity contribution in [1.82, 2.24) is 34.9 Å². The third-order valence-electron chi connectivity index (χ3n) is 11.9. The number of rotatable bonds is 11. The van der Waals surface area contributed by atoms with Gasteiger partial charge in [0, 0.05) is 50.5 Å². The van der Waals surface area contributed by atoms with Crippen LogP contribution >= 0.6 is 0 Å². The standard InChI is InChI=1S/C44H59N7O2.CH4/c1-4-12-33-19-18-32(30-35(33)13-5-2)31-40(42-45-39-16-10-11-17-41(39)51(42)37-21-25-48(6-3)26-22-37)47-43(52)49-27-23-36(24-28-49)50-29-20-34-14-8-7-9-15-38(34)46-44(50)53;/h8-11,14-19,30,36-37,40H,4-7,12-13,20-29,31H2,1-3H3,(H,46,53)(H,47,52);1H4. The summed E-state index contributed by atoms with van der Waals surface area (Å²) in [6.45, 7) is 11.9. The zero-order valence-electron chi connectivity index (χ0n) is 32.2. The largest absolute Gasteiger partial charge is 0.328 e. The summed E-state index contributed by atoms with van der Waals surface area (Å²) >= 11 is 0. The molecule has 4 amide bonds. The molecule has 2 N–H and O–H groups in total. The molecule has 9 heteroatoms. The van der Waals surface area contributed by atoms with Crippen molar-refractivity contribution in [3.8, 4) is 0 Å². The average molecular weight is 734 g/mol. The molecule has 3 aliphatic heterocycles. The van der Waals surface area contributed by atoms with E-state index in [1.807, 2.05) is 15.9 Å². The first-order valence-electron chi connectivity index (χ1n) is 20.4. The van der Waals surface area contributed by atoms with Gasteiger partial charge in [-0.3, -0.25) is 0 Å². The molecule has 0 spiro atoms. The van der Waals surface area contributed by atoms with Crippen LogP contribution in [0.1, 0.15) is 114 Å². The van der Waals surface area contributed by atoms with Gasteiger partial charge in [-0.2, -0.15) is 0 Å². The molecule has 2 saturated heterocycles. The van der Waals surface area contributed by atoms with E-state index in [2.05, 4.69) is 102 Å². The molecule has 0 radical (unpaired) electrons. The molecular formula is C45H63N7O2. The van der Waals surface area contributed by atoms with Crippen LogP contribution in [0.4, 0.5) is 9.59 Å². The minimum absolute atomic E-state index is 0. The lowest BCUT2D eigenvalue weighted by Crippen LogP contribution is -2.53. The van der Waals surface area contributed by atoms with Gasteiger partial charge in [-0.15, -0.1) is 0 Å². The van der Waals surface area contributed by atoms with Crippen molar-refractivity contribution in [2.24, 2.45) is 0 Å². The summed E-state index contributed by atoms with van der Waals surface area (Å²) < 4.78 is 2.47. The number of aryl methyl sites for hydroxylation is 2. The molecule has 1 unspecified atom stereocenters. The predicted molar refractivity (Wildman–Crippen MR) is 221 cm³/mol. The van der Waals surface area contributed by atoms with Crippen LogP contribution in [0.3, 0.4) is 0 Å². The Bertz CT molecular complexity index is 1840. The van der Waals surface area contributed by atoms with E-state index in [0.29, 0.717) is 32.1 Å². The highest BCUT2D eigenvalue weighted by molar-refractivity contribution is 5.79. The van der Waals surface area contributed by atoms with Gasteiger partial charge in [-0.25, -0.2) is 14.6 Å². The SMILES string of the molecule is C.CCCc1ccc(CC(NC(=O)N2CCC(N3CCC4=C(C=CCC=C4)NC3=O)CC2)c2nc3ccccc3n2C2CCN(CC)CC2)cc1CCC. The lowest BCUT2D eigenvalue weighted by atomic mass is 9.94. The Balaban J connectivity index is 0.00000497. The van der Waals surface area contributed by atoms with E-state index in [1.165, 1.54) is 22.3 Å². The normalized spacial score (nSPS) is 19.3. The van der Waals surface area contributed by atoms with Gasteiger partial charge >= 0.3 is 12.1 Å². The van der Waals surface area contributed by atoms with Gasteiger partial charge in [0.05, 0.1) is 17.1 Å². The number of imidazole rings is 1. The summed E-state index contributed by atoms with van der Waals surface area (Å²) in [5, 5.41) is 6.70. The summed E-state index contributed by atoms with van der Waals surface area (Å²) in [5.41, 5.74) is 8.33. The smallest absolute Gasteiger partial charge is 0.322 e. The number of carbonyl (C=O) groups excluding carboxylic acids is 2. The van der Waals surface area contributed by atoms with E-state index >= 15 is 0 Å². The Kier molecular flexibility index (Phi) is 13.3. The number of allylic oxidation sites excluding steroid dienone is 4. The maximum atomic E-state index is 14.3.